The van der Waals surface area contributed by atoms with E-state index in [9.17, 15) is 0 Å². The summed E-state index contributed by atoms with van der Waals surface area (Å²) in [5.74, 6) is 3.19. The van der Waals surface area contributed by atoms with Gasteiger partial charge in [0.05, 0.1) is 0 Å². The summed E-state index contributed by atoms with van der Waals surface area (Å²) >= 11 is 0. The molecule has 0 atom stereocenters. The van der Waals surface area contributed by atoms with Crippen LogP contribution in [-0.4, -0.2) is 0 Å². The summed E-state index contributed by atoms with van der Waals surface area (Å²) < 4.78 is 0. The predicted molar refractivity (Wildman–Crippen MR) is 89.2 cm³/mol. The number of hydrogen-bond donors (Lipinski definition) is 0. The van der Waals surface area contributed by atoms with Crippen molar-refractivity contribution in [3.8, 4) is 0 Å². The lowest BCUT2D eigenvalue weighted by Gasteiger charge is -2.18. The van der Waals surface area contributed by atoms with E-state index >= 15 is 0 Å². The zero-order chi connectivity index (χ0) is 11.1. The molecule has 0 saturated heterocycles. The lowest BCUT2D eigenvalue weighted by Crippen LogP contribution is -2.04. The highest BCUT2D eigenvalue weighted by Gasteiger charge is 2.12. The largest absolute Gasteiger partial charge is 0.0776 e. The minimum atomic E-state index is 0. The van der Waals surface area contributed by atoms with Crippen molar-refractivity contribution in [2.24, 2.45) is 17.8 Å². The van der Waals surface area contributed by atoms with E-state index in [0.29, 0.717) is 0 Å². The van der Waals surface area contributed by atoms with E-state index in [-0.39, 0.29) is 22.3 Å². The van der Waals surface area contributed by atoms with Crippen LogP contribution in [0.4, 0.5) is 0 Å². The summed E-state index contributed by atoms with van der Waals surface area (Å²) in [6.07, 6.45) is 13.4. The van der Waals surface area contributed by atoms with E-state index in [0.717, 1.165) is 17.8 Å². The third kappa shape index (κ3) is 14.1. The third-order valence-electron chi connectivity index (χ3n) is 3.90. The van der Waals surface area contributed by atoms with Crippen molar-refractivity contribution in [3.63, 3.8) is 0 Å². The van der Waals surface area contributed by atoms with Gasteiger partial charge in [-0.3, -0.25) is 0 Å². The van der Waals surface area contributed by atoms with Crippen molar-refractivity contribution in [3.05, 3.63) is 0 Å². The van der Waals surface area contributed by atoms with Crippen molar-refractivity contribution in [2.75, 3.05) is 0 Å². The van der Waals surface area contributed by atoms with Crippen molar-refractivity contribution in [2.45, 2.75) is 101 Å². The molecule has 0 heterocycles. The maximum absolute atomic E-state index is 2.34. The van der Waals surface area contributed by atoms with Gasteiger partial charge in [-0.1, -0.05) is 101 Å². The Morgan fingerprint density at radius 2 is 0.722 bits per heavy atom. The van der Waals surface area contributed by atoms with Crippen LogP contribution >= 0.6 is 0 Å². The van der Waals surface area contributed by atoms with Crippen LogP contribution in [0.2, 0.25) is 0 Å². The summed E-state index contributed by atoms with van der Waals surface area (Å²) in [6, 6.07) is 0. The van der Waals surface area contributed by atoms with Crippen molar-refractivity contribution in [1.29, 1.82) is 0 Å². The Kier molecular flexibility index (Phi) is 17.3. The molecule has 3 aliphatic carbocycles. The Balaban J connectivity index is -0.000000176. The molecular weight excluding hydrogens is 216 g/mol. The molecule has 0 aromatic rings. The fourth-order valence-corrected chi connectivity index (χ4v) is 1.91. The van der Waals surface area contributed by atoms with Crippen LogP contribution in [0.5, 0.6) is 0 Å². The first-order valence-corrected chi connectivity index (χ1v) is 7.18. The van der Waals surface area contributed by atoms with E-state index in [4.69, 9.17) is 0 Å². The van der Waals surface area contributed by atoms with Crippen LogP contribution in [-0.2, 0) is 0 Å². The minimum absolute atomic E-state index is 0. The molecule has 3 rings (SSSR count). The quantitative estimate of drug-likeness (QED) is 0.427. The van der Waals surface area contributed by atoms with Crippen LogP contribution < -0.4 is 0 Å². The molecule has 3 saturated carbocycles. The van der Waals surface area contributed by atoms with E-state index in [1.165, 1.54) is 57.8 Å². The SMILES string of the molecule is C.C.C.CC1CC1.CC1CCC1.CC1CCCC1. The Bertz CT molecular complexity index is 136. The molecule has 0 N–H and O–H groups in total. The van der Waals surface area contributed by atoms with Crippen molar-refractivity contribution >= 4 is 0 Å². The standard InChI is InChI=1S/C6H12.C5H10.C4H8.3CH4/c1-6-4-2-3-5-6;1-5-3-2-4-5;1-4-2-3-4;;;/h6H,2-5H2,1H3;5H,2-4H2,1H3;4H,2-3H2,1H3;3*1H4. The van der Waals surface area contributed by atoms with Gasteiger partial charge in [-0.15, -0.1) is 0 Å². The third-order valence-corrected chi connectivity index (χ3v) is 3.90. The molecule has 0 nitrogen and oxygen atoms in total. The number of rotatable bonds is 0. The van der Waals surface area contributed by atoms with E-state index in [1.54, 1.807) is 0 Å². The molecule has 0 aromatic heterocycles. The molecule has 0 bridgehead atoms. The molecule has 0 heteroatoms. The van der Waals surface area contributed by atoms with Crippen molar-refractivity contribution in [1.82, 2.24) is 0 Å². The fourth-order valence-electron chi connectivity index (χ4n) is 1.91. The monoisotopic (exact) mass is 258 g/mol. The molecular formula is C18H42. The van der Waals surface area contributed by atoms with Gasteiger partial charge in [-0.25, -0.2) is 0 Å². The van der Waals surface area contributed by atoms with E-state index in [1.807, 2.05) is 0 Å². The van der Waals surface area contributed by atoms with Gasteiger partial charge < -0.3 is 0 Å². The molecule has 114 valence electrons. The first kappa shape index (κ1) is 23.1. The fraction of sp³-hybridized carbons (Fsp3) is 1.00. The Labute approximate surface area is 119 Å². The normalized spacial score (nSPS) is 21.5. The van der Waals surface area contributed by atoms with Gasteiger partial charge in [0.25, 0.3) is 0 Å². The lowest BCUT2D eigenvalue weighted by molar-refractivity contribution is 0.346. The van der Waals surface area contributed by atoms with Crippen molar-refractivity contribution < 1.29 is 0 Å². The topological polar surface area (TPSA) is 0 Å². The highest BCUT2D eigenvalue weighted by molar-refractivity contribution is 4.65. The van der Waals surface area contributed by atoms with Crippen LogP contribution in [0, 0.1) is 17.8 Å². The average molecular weight is 259 g/mol. The highest BCUT2D eigenvalue weighted by atomic mass is 14.2. The van der Waals surface area contributed by atoms with Gasteiger partial charge in [0.1, 0.15) is 0 Å². The molecule has 3 aliphatic rings. The summed E-state index contributed by atoms with van der Waals surface area (Å²) in [4.78, 5) is 0. The molecule has 0 aliphatic heterocycles. The molecule has 3 fully saturated rings. The Morgan fingerprint density at radius 1 is 0.444 bits per heavy atom. The van der Waals surface area contributed by atoms with Crippen LogP contribution in [0.3, 0.4) is 0 Å². The summed E-state index contributed by atoms with van der Waals surface area (Å²) in [7, 11) is 0. The van der Waals surface area contributed by atoms with Crippen LogP contribution in [0.1, 0.15) is 101 Å². The highest BCUT2D eigenvalue weighted by Crippen LogP contribution is 2.26. The van der Waals surface area contributed by atoms with Crippen LogP contribution in [0.25, 0.3) is 0 Å². The Hall–Kier alpha value is 0. The first-order valence-electron chi connectivity index (χ1n) is 7.18. The smallest absolute Gasteiger partial charge is 0.0443 e. The predicted octanol–water partition coefficient (Wildman–Crippen LogP) is 7.33. The molecule has 18 heavy (non-hydrogen) atoms. The lowest BCUT2D eigenvalue weighted by atomic mass is 9.88. The molecule has 0 radical (unpaired) electrons. The summed E-state index contributed by atoms with van der Waals surface area (Å²) in [6.45, 7) is 6.93. The zero-order valence-electron chi connectivity index (χ0n) is 11.1. The second-order valence-corrected chi connectivity index (χ2v) is 6.11. The second-order valence-electron chi connectivity index (χ2n) is 6.11. The van der Waals surface area contributed by atoms with Crippen LogP contribution in [0.15, 0.2) is 0 Å². The molecule has 0 aromatic carbocycles. The van der Waals surface area contributed by atoms with Gasteiger partial charge in [0, 0.05) is 0 Å². The summed E-state index contributed by atoms with van der Waals surface area (Å²) in [5, 5.41) is 0. The molecule has 0 amide bonds. The first-order chi connectivity index (χ1) is 7.18. The van der Waals surface area contributed by atoms with E-state index < -0.39 is 0 Å². The summed E-state index contributed by atoms with van der Waals surface area (Å²) in [5.41, 5.74) is 0. The zero-order valence-corrected chi connectivity index (χ0v) is 11.1. The van der Waals surface area contributed by atoms with Gasteiger partial charge in [-0.2, -0.15) is 0 Å². The van der Waals surface area contributed by atoms with E-state index in [2.05, 4.69) is 20.8 Å². The minimum Gasteiger partial charge on any atom is -0.0776 e. The Morgan fingerprint density at radius 3 is 0.778 bits per heavy atom. The maximum atomic E-state index is 2.34. The maximum Gasteiger partial charge on any atom is -0.0443 e. The molecule has 0 unspecified atom stereocenters. The van der Waals surface area contributed by atoms with Gasteiger partial charge in [-0.05, 0) is 17.8 Å². The molecule has 0 spiro atoms. The van der Waals surface area contributed by atoms with Gasteiger partial charge >= 0.3 is 0 Å². The van der Waals surface area contributed by atoms with Gasteiger partial charge in [0.2, 0.25) is 0 Å². The average Bonchev–Trinajstić information content (AvgIpc) is 2.79. The number of hydrogen-bond acceptors (Lipinski definition) is 0. The van der Waals surface area contributed by atoms with Gasteiger partial charge in [0.15, 0.2) is 0 Å². The second kappa shape index (κ2) is 13.4.